The lowest BCUT2D eigenvalue weighted by Gasteiger charge is -2.25. The van der Waals surface area contributed by atoms with Crippen LogP contribution in [0.25, 0.3) is 0 Å². The number of benzene rings is 2. The highest BCUT2D eigenvalue weighted by Crippen LogP contribution is 2.38. The zero-order valence-corrected chi connectivity index (χ0v) is 16.9. The second-order valence-corrected chi connectivity index (χ2v) is 8.10. The maximum atomic E-state index is 12.9. The summed E-state index contributed by atoms with van der Waals surface area (Å²) in [7, 11) is 3.84. The summed E-state index contributed by atoms with van der Waals surface area (Å²) in [6.07, 6.45) is 1.25. The number of halogens is 1. The fourth-order valence-corrected chi connectivity index (χ4v) is 4.50. The largest absolute Gasteiger partial charge is 0.374 e. The molecule has 2 aromatic rings. The molecule has 2 atom stereocenters. The first-order valence-corrected chi connectivity index (χ1v) is 9.93. The molecule has 2 amide bonds. The minimum atomic E-state index is -0.420. The number of likely N-dealkylation sites (tertiary alicyclic amines) is 1. The van der Waals surface area contributed by atoms with E-state index in [9.17, 15) is 9.59 Å². The molecular weight excluding hydrogens is 374 g/mol. The zero-order valence-electron chi connectivity index (χ0n) is 16.1. The Morgan fingerprint density at radius 3 is 2.82 bits per heavy atom. The second-order valence-electron chi connectivity index (χ2n) is 7.67. The summed E-state index contributed by atoms with van der Waals surface area (Å²) < 4.78 is 0. The first kappa shape index (κ1) is 18.8. The molecule has 1 N–H and O–H groups in total. The first-order valence-electron chi connectivity index (χ1n) is 9.56. The van der Waals surface area contributed by atoms with Crippen LogP contribution in [-0.2, 0) is 22.6 Å². The van der Waals surface area contributed by atoms with Crippen molar-refractivity contribution in [2.24, 2.45) is 5.92 Å². The molecule has 0 spiro atoms. The molecule has 0 radical (unpaired) electrons. The van der Waals surface area contributed by atoms with Crippen LogP contribution in [-0.4, -0.2) is 37.4 Å². The normalized spacial score (nSPS) is 21.2. The highest BCUT2D eigenvalue weighted by Gasteiger charge is 2.42. The zero-order chi connectivity index (χ0) is 19.8. The molecule has 4 rings (SSSR count). The fraction of sp³-hybridized carbons (Fsp3) is 0.364. The lowest BCUT2D eigenvalue weighted by atomic mass is 9.93. The topological polar surface area (TPSA) is 52.7 Å². The summed E-state index contributed by atoms with van der Waals surface area (Å²) in [4.78, 5) is 29.1. The number of fused-ring (bicyclic) bond motifs is 1. The number of amides is 2. The molecule has 0 bridgehead atoms. The average Bonchev–Trinajstić information content (AvgIpc) is 3.19. The Balaban J connectivity index is 1.48. The van der Waals surface area contributed by atoms with Crippen LogP contribution in [0.3, 0.4) is 0 Å². The number of carbonyl (C=O) groups excluding carboxylic acids is 2. The quantitative estimate of drug-likeness (QED) is 0.862. The van der Waals surface area contributed by atoms with E-state index in [1.54, 1.807) is 18.0 Å². The second kappa shape index (κ2) is 7.47. The van der Waals surface area contributed by atoms with Crippen LogP contribution in [0.5, 0.6) is 0 Å². The van der Waals surface area contributed by atoms with Gasteiger partial charge in [0.2, 0.25) is 11.8 Å². The van der Waals surface area contributed by atoms with Gasteiger partial charge in [-0.2, -0.15) is 0 Å². The number of carbonyl (C=O) groups is 2. The third-order valence-electron chi connectivity index (χ3n) is 5.85. The van der Waals surface area contributed by atoms with Crippen LogP contribution < -0.4 is 10.2 Å². The Morgan fingerprint density at radius 2 is 2.04 bits per heavy atom. The molecule has 2 aromatic carbocycles. The van der Waals surface area contributed by atoms with Crippen molar-refractivity contribution < 1.29 is 9.59 Å². The van der Waals surface area contributed by atoms with Crippen molar-refractivity contribution in [2.45, 2.75) is 25.4 Å². The minimum Gasteiger partial charge on any atom is -0.374 e. The SMILES string of the molecule is CN1CCc2cc(CNC(=O)[C@@H]3CC(=O)N(C)[C@H]3c3cccc(Cl)c3)ccc21. The molecule has 0 aromatic heterocycles. The van der Waals surface area contributed by atoms with Crippen molar-refractivity contribution in [3.05, 3.63) is 64.2 Å². The lowest BCUT2D eigenvalue weighted by molar-refractivity contribution is -0.128. The van der Waals surface area contributed by atoms with Crippen molar-refractivity contribution in [1.82, 2.24) is 10.2 Å². The maximum Gasteiger partial charge on any atom is 0.226 e. The molecule has 0 aliphatic carbocycles. The van der Waals surface area contributed by atoms with Gasteiger partial charge in [-0.15, -0.1) is 0 Å². The molecule has 6 heteroatoms. The molecule has 146 valence electrons. The number of nitrogens with one attached hydrogen (secondary N) is 1. The van der Waals surface area contributed by atoms with Crippen LogP contribution in [0.15, 0.2) is 42.5 Å². The van der Waals surface area contributed by atoms with Gasteiger partial charge in [0.1, 0.15) is 0 Å². The van der Waals surface area contributed by atoms with Crippen LogP contribution >= 0.6 is 11.6 Å². The van der Waals surface area contributed by atoms with Crippen LogP contribution in [0, 0.1) is 5.92 Å². The van der Waals surface area contributed by atoms with E-state index in [2.05, 4.69) is 35.5 Å². The van der Waals surface area contributed by atoms with Gasteiger partial charge in [0.25, 0.3) is 0 Å². The smallest absolute Gasteiger partial charge is 0.226 e. The molecule has 0 saturated carbocycles. The molecule has 2 heterocycles. The van der Waals surface area contributed by atoms with Gasteiger partial charge in [-0.05, 0) is 41.3 Å². The number of hydrogen-bond donors (Lipinski definition) is 1. The highest BCUT2D eigenvalue weighted by atomic mass is 35.5. The Morgan fingerprint density at radius 1 is 1.21 bits per heavy atom. The Kier molecular flexibility index (Phi) is 5.02. The predicted octanol–water partition coefficient (Wildman–Crippen LogP) is 3.17. The summed E-state index contributed by atoms with van der Waals surface area (Å²) in [6.45, 7) is 1.50. The summed E-state index contributed by atoms with van der Waals surface area (Å²) in [5.74, 6) is -0.539. The Hall–Kier alpha value is -2.53. The van der Waals surface area contributed by atoms with Gasteiger partial charge in [0, 0.05) is 44.3 Å². The van der Waals surface area contributed by atoms with E-state index in [0.717, 1.165) is 24.1 Å². The van der Waals surface area contributed by atoms with Gasteiger partial charge in [0.05, 0.1) is 12.0 Å². The Labute approximate surface area is 170 Å². The standard InChI is InChI=1S/C22H24ClN3O2/c1-25-9-8-15-10-14(6-7-19(15)25)13-24-22(28)18-12-20(27)26(2)21(18)16-4-3-5-17(23)11-16/h3-7,10-11,18,21H,8-9,12-13H2,1-2H3,(H,24,28)/t18-,21+/m1/s1. The van der Waals surface area contributed by atoms with Gasteiger partial charge in [0.15, 0.2) is 0 Å². The Bertz CT molecular complexity index is 930. The molecule has 5 nitrogen and oxygen atoms in total. The van der Waals surface area contributed by atoms with Crippen molar-refractivity contribution in [2.75, 3.05) is 25.5 Å². The van der Waals surface area contributed by atoms with Gasteiger partial charge >= 0.3 is 0 Å². The molecule has 0 unspecified atom stereocenters. The maximum absolute atomic E-state index is 12.9. The highest BCUT2D eigenvalue weighted by molar-refractivity contribution is 6.30. The van der Waals surface area contributed by atoms with Crippen molar-refractivity contribution in [3.63, 3.8) is 0 Å². The van der Waals surface area contributed by atoms with E-state index in [4.69, 9.17) is 11.6 Å². The van der Waals surface area contributed by atoms with E-state index in [0.29, 0.717) is 11.6 Å². The third-order valence-corrected chi connectivity index (χ3v) is 6.09. The number of nitrogens with zero attached hydrogens (tertiary/aromatic N) is 2. The van der Waals surface area contributed by atoms with E-state index in [-0.39, 0.29) is 24.3 Å². The van der Waals surface area contributed by atoms with Crippen molar-refractivity contribution >= 4 is 29.1 Å². The van der Waals surface area contributed by atoms with Gasteiger partial charge in [-0.25, -0.2) is 0 Å². The molecule has 1 saturated heterocycles. The minimum absolute atomic E-state index is 0.0225. The number of rotatable bonds is 4. The van der Waals surface area contributed by atoms with E-state index in [1.165, 1.54) is 11.3 Å². The summed E-state index contributed by atoms with van der Waals surface area (Å²) in [5.41, 5.74) is 4.56. The molecule has 2 aliphatic rings. The predicted molar refractivity (Wildman–Crippen MR) is 110 cm³/mol. The van der Waals surface area contributed by atoms with Crippen LogP contribution in [0.2, 0.25) is 5.02 Å². The van der Waals surface area contributed by atoms with Crippen molar-refractivity contribution in [1.29, 1.82) is 0 Å². The summed E-state index contributed by atoms with van der Waals surface area (Å²) >= 11 is 6.13. The van der Waals surface area contributed by atoms with Gasteiger partial charge in [-0.3, -0.25) is 9.59 Å². The summed E-state index contributed by atoms with van der Waals surface area (Å²) in [5, 5.41) is 3.64. The number of anilines is 1. The summed E-state index contributed by atoms with van der Waals surface area (Å²) in [6, 6.07) is 13.4. The lowest BCUT2D eigenvalue weighted by Crippen LogP contribution is -2.34. The number of likely N-dealkylation sites (N-methyl/N-ethyl adjacent to an activating group) is 1. The van der Waals surface area contributed by atoms with Crippen molar-refractivity contribution in [3.8, 4) is 0 Å². The van der Waals surface area contributed by atoms with E-state index in [1.807, 2.05) is 18.2 Å². The van der Waals surface area contributed by atoms with Gasteiger partial charge in [-0.1, -0.05) is 35.9 Å². The molecule has 2 aliphatic heterocycles. The monoisotopic (exact) mass is 397 g/mol. The molecule has 28 heavy (non-hydrogen) atoms. The van der Waals surface area contributed by atoms with Crippen LogP contribution in [0.1, 0.15) is 29.2 Å². The fourth-order valence-electron chi connectivity index (χ4n) is 4.30. The third kappa shape index (κ3) is 3.47. The number of hydrogen-bond acceptors (Lipinski definition) is 3. The molecular formula is C22H24ClN3O2. The first-order chi connectivity index (χ1) is 13.4. The van der Waals surface area contributed by atoms with Crippen LogP contribution in [0.4, 0.5) is 5.69 Å². The van der Waals surface area contributed by atoms with Gasteiger partial charge < -0.3 is 15.1 Å². The molecule has 1 fully saturated rings. The van der Waals surface area contributed by atoms with E-state index >= 15 is 0 Å². The van der Waals surface area contributed by atoms with E-state index < -0.39 is 5.92 Å². The average molecular weight is 398 g/mol.